The first-order valence-electron chi connectivity index (χ1n) is 11.5. The minimum Gasteiger partial charge on any atom is -0.493 e. The Hall–Kier alpha value is -3.64. The normalized spacial score (nSPS) is 19.0. The number of carbonyl (C=O) groups excluding carboxylic acids is 1. The van der Waals surface area contributed by atoms with Crippen molar-refractivity contribution in [2.45, 2.75) is 24.8 Å². The summed E-state index contributed by atoms with van der Waals surface area (Å²) in [6, 6.07) is 19.1. The van der Waals surface area contributed by atoms with Gasteiger partial charge >= 0.3 is 0 Å². The average molecular weight is 491 g/mol. The Balaban J connectivity index is 1.66. The maximum Gasteiger partial charge on any atom is 0.203 e. The number of halogens is 1. The Labute approximate surface area is 209 Å². The van der Waals surface area contributed by atoms with E-state index in [0.29, 0.717) is 40.7 Å². The van der Waals surface area contributed by atoms with Crippen LogP contribution in [0.2, 0.25) is 5.02 Å². The smallest absolute Gasteiger partial charge is 0.203 e. The third kappa shape index (κ3) is 4.19. The summed E-state index contributed by atoms with van der Waals surface area (Å²) >= 11 is 6.51. The molecule has 1 heterocycles. The maximum absolute atomic E-state index is 13.8. The van der Waals surface area contributed by atoms with E-state index in [4.69, 9.17) is 25.8 Å². The molecule has 0 amide bonds. The number of anilines is 2. The van der Waals surface area contributed by atoms with Crippen molar-refractivity contribution < 1.29 is 19.0 Å². The number of Topliss-reactive ketones (excluding diaryl/α,β-unsaturated/α-hetero) is 1. The molecule has 6 nitrogen and oxygen atoms in total. The second-order valence-corrected chi connectivity index (χ2v) is 9.06. The Bertz CT molecular complexity index is 1290. The van der Waals surface area contributed by atoms with Gasteiger partial charge in [-0.15, -0.1) is 0 Å². The fourth-order valence-electron chi connectivity index (χ4n) is 5.04. The lowest BCUT2D eigenvalue weighted by Gasteiger charge is -2.30. The van der Waals surface area contributed by atoms with Gasteiger partial charge in [-0.25, -0.2) is 0 Å². The summed E-state index contributed by atoms with van der Waals surface area (Å²) in [5, 5.41) is 7.83. The van der Waals surface area contributed by atoms with Crippen LogP contribution in [0.4, 0.5) is 11.4 Å². The van der Waals surface area contributed by atoms with Gasteiger partial charge in [-0.05, 0) is 53.8 Å². The predicted octanol–water partition coefficient (Wildman–Crippen LogP) is 6.35. The van der Waals surface area contributed by atoms with Crippen LogP contribution in [0, 0.1) is 0 Å². The number of rotatable bonds is 5. The molecular weight excluding hydrogens is 464 g/mol. The predicted molar refractivity (Wildman–Crippen MR) is 138 cm³/mol. The quantitative estimate of drug-likeness (QED) is 0.434. The molecule has 0 unspecified atom stereocenters. The average Bonchev–Trinajstić information content (AvgIpc) is 3.05. The molecule has 180 valence electrons. The van der Waals surface area contributed by atoms with Crippen molar-refractivity contribution in [3.05, 3.63) is 88.1 Å². The second-order valence-electron chi connectivity index (χ2n) is 8.65. The van der Waals surface area contributed by atoms with Crippen LogP contribution in [-0.2, 0) is 4.79 Å². The molecule has 0 aromatic heterocycles. The Morgan fingerprint density at radius 2 is 1.51 bits per heavy atom. The number of allylic oxidation sites excluding steroid dienone is 1. The molecule has 0 bridgehead atoms. The second kappa shape index (κ2) is 9.55. The Morgan fingerprint density at radius 3 is 2.17 bits per heavy atom. The van der Waals surface area contributed by atoms with Gasteiger partial charge < -0.3 is 24.8 Å². The van der Waals surface area contributed by atoms with E-state index in [1.807, 2.05) is 60.7 Å². The molecule has 2 aliphatic rings. The van der Waals surface area contributed by atoms with Gasteiger partial charge in [0.05, 0.1) is 38.7 Å². The number of ether oxygens (including phenoxy) is 3. The number of nitrogens with one attached hydrogen (secondary N) is 2. The van der Waals surface area contributed by atoms with Crippen LogP contribution >= 0.6 is 11.6 Å². The van der Waals surface area contributed by atoms with Crippen LogP contribution in [0.15, 0.2) is 71.9 Å². The number of benzene rings is 3. The number of ketones is 1. The van der Waals surface area contributed by atoms with Crippen molar-refractivity contribution in [2.24, 2.45) is 0 Å². The van der Waals surface area contributed by atoms with E-state index in [9.17, 15) is 4.79 Å². The molecule has 0 saturated carbocycles. The van der Waals surface area contributed by atoms with Crippen LogP contribution in [0.5, 0.6) is 17.2 Å². The first kappa shape index (κ1) is 23.1. The number of methoxy groups -OCH3 is 3. The molecule has 2 N–H and O–H groups in total. The largest absolute Gasteiger partial charge is 0.493 e. The van der Waals surface area contributed by atoms with Crippen molar-refractivity contribution in [3.8, 4) is 17.2 Å². The highest BCUT2D eigenvalue weighted by atomic mass is 35.5. The minimum absolute atomic E-state index is 0.00620. The van der Waals surface area contributed by atoms with Crippen LogP contribution in [0.25, 0.3) is 0 Å². The molecular formula is C28H27ClN2O4. The van der Waals surface area contributed by atoms with E-state index in [0.717, 1.165) is 28.2 Å². The van der Waals surface area contributed by atoms with Crippen molar-refractivity contribution in [1.82, 2.24) is 0 Å². The van der Waals surface area contributed by atoms with Gasteiger partial charge in [0.15, 0.2) is 17.3 Å². The first-order chi connectivity index (χ1) is 17.0. The van der Waals surface area contributed by atoms with Crippen molar-refractivity contribution in [2.75, 3.05) is 32.0 Å². The Kier molecular flexibility index (Phi) is 6.31. The van der Waals surface area contributed by atoms with Gasteiger partial charge in [0.1, 0.15) is 0 Å². The van der Waals surface area contributed by atoms with Crippen LogP contribution < -0.4 is 24.8 Å². The lowest BCUT2D eigenvalue weighted by Crippen LogP contribution is -2.27. The molecule has 1 aliphatic heterocycles. The van der Waals surface area contributed by atoms with Crippen LogP contribution in [-0.4, -0.2) is 27.1 Å². The van der Waals surface area contributed by atoms with Crippen LogP contribution in [0.3, 0.4) is 0 Å². The summed E-state index contributed by atoms with van der Waals surface area (Å²) in [7, 11) is 4.75. The standard InChI is InChI=1S/C28H27ClN2O4/c1-33-24-14-17(15-25(34-2)28(24)35-3)27-26-22(30-20-10-6-7-11-21(20)31-27)12-16(13-23(26)32)18-8-4-5-9-19(18)29/h4-11,14-16,27,30-31H,12-13H2,1-3H3/t16-,27+/m1/s1. The lowest BCUT2D eigenvalue weighted by molar-refractivity contribution is -0.116. The Morgan fingerprint density at radius 1 is 0.857 bits per heavy atom. The number of fused-ring (bicyclic) bond motifs is 1. The highest BCUT2D eigenvalue weighted by molar-refractivity contribution is 6.31. The molecule has 3 aromatic carbocycles. The SMILES string of the molecule is COc1cc([C@@H]2Nc3ccccc3NC3=C2C(=O)C[C@H](c2ccccc2Cl)C3)cc(OC)c1OC. The van der Waals surface area contributed by atoms with Gasteiger partial charge in [0, 0.05) is 22.7 Å². The number of hydrogen-bond acceptors (Lipinski definition) is 6. The molecule has 0 saturated heterocycles. The summed E-state index contributed by atoms with van der Waals surface area (Å²) in [6.45, 7) is 0. The third-order valence-electron chi connectivity index (χ3n) is 6.67. The van der Waals surface area contributed by atoms with Gasteiger partial charge in [0.2, 0.25) is 5.75 Å². The van der Waals surface area contributed by atoms with Crippen molar-refractivity contribution >= 4 is 28.8 Å². The molecule has 0 spiro atoms. The molecule has 3 aromatic rings. The van der Waals surface area contributed by atoms with Gasteiger partial charge in [-0.3, -0.25) is 4.79 Å². The molecule has 35 heavy (non-hydrogen) atoms. The zero-order valence-electron chi connectivity index (χ0n) is 19.9. The van der Waals surface area contributed by atoms with Gasteiger partial charge in [-0.2, -0.15) is 0 Å². The van der Waals surface area contributed by atoms with Crippen molar-refractivity contribution in [1.29, 1.82) is 0 Å². The molecule has 0 radical (unpaired) electrons. The monoisotopic (exact) mass is 490 g/mol. The van der Waals surface area contributed by atoms with Crippen molar-refractivity contribution in [3.63, 3.8) is 0 Å². The molecule has 5 rings (SSSR count). The fraction of sp³-hybridized carbons (Fsp3) is 0.250. The summed E-state index contributed by atoms with van der Waals surface area (Å²) in [4.78, 5) is 13.8. The van der Waals surface area contributed by atoms with E-state index in [1.165, 1.54) is 0 Å². The molecule has 7 heteroatoms. The summed E-state index contributed by atoms with van der Waals surface area (Å²) in [5.74, 6) is 1.65. The minimum atomic E-state index is -0.408. The maximum atomic E-state index is 13.8. The van der Waals surface area contributed by atoms with E-state index >= 15 is 0 Å². The number of carbonyl (C=O) groups is 1. The van der Waals surface area contributed by atoms with E-state index in [-0.39, 0.29) is 11.7 Å². The zero-order chi connectivity index (χ0) is 24.5. The van der Waals surface area contributed by atoms with E-state index in [2.05, 4.69) is 10.6 Å². The molecule has 1 aliphatic carbocycles. The summed E-state index contributed by atoms with van der Waals surface area (Å²) in [6.07, 6.45) is 1.05. The number of hydrogen-bond donors (Lipinski definition) is 2. The topological polar surface area (TPSA) is 68.8 Å². The zero-order valence-corrected chi connectivity index (χ0v) is 20.6. The van der Waals surface area contributed by atoms with Gasteiger partial charge in [-0.1, -0.05) is 41.9 Å². The van der Waals surface area contributed by atoms with E-state index < -0.39 is 6.04 Å². The number of para-hydroxylation sites is 2. The highest BCUT2D eigenvalue weighted by Gasteiger charge is 2.37. The van der Waals surface area contributed by atoms with E-state index in [1.54, 1.807) is 21.3 Å². The fourth-order valence-corrected chi connectivity index (χ4v) is 5.33. The third-order valence-corrected chi connectivity index (χ3v) is 7.02. The highest BCUT2D eigenvalue weighted by Crippen LogP contribution is 2.47. The summed E-state index contributed by atoms with van der Waals surface area (Å²) in [5.41, 5.74) is 5.26. The van der Waals surface area contributed by atoms with Gasteiger partial charge in [0.25, 0.3) is 0 Å². The molecule has 0 fully saturated rings. The lowest BCUT2D eigenvalue weighted by atomic mass is 9.78. The summed E-state index contributed by atoms with van der Waals surface area (Å²) < 4.78 is 16.7. The van der Waals surface area contributed by atoms with Crippen LogP contribution in [0.1, 0.15) is 35.9 Å². The first-order valence-corrected chi connectivity index (χ1v) is 11.8. The molecule has 2 atom stereocenters.